The van der Waals surface area contributed by atoms with Crippen molar-refractivity contribution in [3.05, 3.63) is 60.3 Å². The van der Waals surface area contributed by atoms with E-state index in [4.69, 9.17) is 0 Å². The maximum absolute atomic E-state index is 13.0. The molecule has 2 unspecified atom stereocenters. The third-order valence-electron chi connectivity index (χ3n) is 6.56. The Bertz CT molecular complexity index is 1010. The smallest absolute Gasteiger partial charge is 0.272 e. The van der Waals surface area contributed by atoms with Crippen LogP contribution in [0, 0.1) is 0 Å². The number of likely N-dealkylation sites (N-methyl/N-ethyl adjacent to an activating group) is 1. The molecule has 1 aromatic heterocycles. The van der Waals surface area contributed by atoms with E-state index < -0.39 is 0 Å². The van der Waals surface area contributed by atoms with Gasteiger partial charge < -0.3 is 10.2 Å². The van der Waals surface area contributed by atoms with Crippen molar-refractivity contribution in [2.75, 3.05) is 25.0 Å². The summed E-state index contributed by atoms with van der Waals surface area (Å²) in [6, 6.07) is 19.6. The predicted molar refractivity (Wildman–Crippen MR) is 115 cm³/mol. The molecule has 2 aromatic carbocycles. The van der Waals surface area contributed by atoms with Crippen LogP contribution in [0.1, 0.15) is 23.3 Å². The zero-order valence-corrected chi connectivity index (χ0v) is 17.0. The first-order valence-corrected chi connectivity index (χ1v) is 10.3. The fourth-order valence-electron chi connectivity index (χ4n) is 4.98. The summed E-state index contributed by atoms with van der Waals surface area (Å²) in [7, 11) is 4.11. The first-order chi connectivity index (χ1) is 14.1. The minimum absolute atomic E-state index is 0.0608. The quantitative estimate of drug-likeness (QED) is 0.748. The van der Waals surface area contributed by atoms with Gasteiger partial charge in [0.2, 0.25) is 0 Å². The Balaban J connectivity index is 1.31. The first-order valence-electron chi connectivity index (χ1n) is 10.3. The lowest BCUT2D eigenvalue weighted by Crippen LogP contribution is -2.64. The van der Waals surface area contributed by atoms with E-state index in [0.29, 0.717) is 17.8 Å². The van der Waals surface area contributed by atoms with Gasteiger partial charge in [0, 0.05) is 49.3 Å². The number of nitrogens with zero attached hydrogens (tertiary/aromatic N) is 4. The number of carbonyl (C=O) groups excluding carboxylic acids is 1. The van der Waals surface area contributed by atoms with Gasteiger partial charge in [-0.25, -0.2) is 0 Å². The SMILES string of the molecule is CN1C2CC(NC(=O)c3nn(C)c4ccccc34)CC1CN(c1ccccc1)C2. The number of anilines is 1. The molecule has 0 radical (unpaired) electrons. The van der Waals surface area contributed by atoms with Crippen molar-refractivity contribution >= 4 is 22.5 Å². The summed E-state index contributed by atoms with van der Waals surface area (Å²) in [4.78, 5) is 18.0. The average Bonchev–Trinajstić information content (AvgIpc) is 3.06. The number of para-hydroxylation sites is 2. The molecule has 0 saturated carbocycles. The maximum Gasteiger partial charge on any atom is 0.272 e. The Morgan fingerprint density at radius 3 is 2.34 bits per heavy atom. The van der Waals surface area contributed by atoms with Crippen LogP contribution in [0.2, 0.25) is 0 Å². The molecule has 1 N–H and O–H groups in total. The van der Waals surface area contributed by atoms with Crippen molar-refractivity contribution in [1.82, 2.24) is 20.0 Å². The van der Waals surface area contributed by atoms with Gasteiger partial charge in [-0.2, -0.15) is 5.10 Å². The van der Waals surface area contributed by atoms with Crippen LogP contribution in [0.5, 0.6) is 0 Å². The number of carbonyl (C=O) groups is 1. The Hall–Kier alpha value is -2.86. The number of fused-ring (bicyclic) bond motifs is 3. The van der Waals surface area contributed by atoms with Crippen molar-refractivity contribution < 1.29 is 4.79 Å². The zero-order chi connectivity index (χ0) is 20.0. The summed E-state index contributed by atoms with van der Waals surface area (Å²) in [6.07, 6.45) is 1.93. The van der Waals surface area contributed by atoms with Gasteiger partial charge in [-0.15, -0.1) is 0 Å². The second-order valence-electron chi connectivity index (χ2n) is 8.34. The van der Waals surface area contributed by atoms with E-state index in [2.05, 4.69) is 57.6 Å². The molecule has 2 atom stereocenters. The van der Waals surface area contributed by atoms with Gasteiger partial charge in [0.15, 0.2) is 5.69 Å². The summed E-state index contributed by atoms with van der Waals surface area (Å²) in [5.41, 5.74) is 2.80. The highest BCUT2D eigenvalue weighted by Crippen LogP contribution is 2.30. The molecule has 29 heavy (non-hydrogen) atoms. The number of aryl methyl sites for hydroxylation is 1. The summed E-state index contributed by atoms with van der Waals surface area (Å²) >= 11 is 0. The van der Waals surface area contributed by atoms with Crippen LogP contribution in [0.4, 0.5) is 5.69 Å². The lowest BCUT2D eigenvalue weighted by atomic mass is 9.87. The number of nitrogens with one attached hydrogen (secondary N) is 1. The van der Waals surface area contributed by atoms with E-state index in [1.54, 1.807) is 4.68 Å². The molecule has 2 aliphatic rings. The molecule has 150 valence electrons. The highest BCUT2D eigenvalue weighted by molar-refractivity contribution is 6.04. The van der Waals surface area contributed by atoms with Gasteiger partial charge in [0.05, 0.1) is 5.52 Å². The molecule has 3 aromatic rings. The summed E-state index contributed by atoms with van der Waals surface area (Å²) in [6.45, 7) is 1.99. The fraction of sp³-hybridized carbons (Fsp3) is 0.391. The lowest BCUT2D eigenvalue weighted by molar-refractivity contribution is 0.0661. The van der Waals surface area contributed by atoms with Crippen molar-refractivity contribution in [3.63, 3.8) is 0 Å². The molecule has 6 nitrogen and oxygen atoms in total. The van der Waals surface area contributed by atoms with Gasteiger partial charge in [-0.3, -0.25) is 14.4 Å². The molecule has 2 saturated heterocycles. The number of amides is 1. The van der Waals surface area contributed by atoms with E-state index in [0.717, 1.165) is 36.8 Å². The number of piperazine rings is 1. The topological polar surface area (TPSA) is 53.4 Å². The Labute approximate surface area is 171 Å². The molecule has 5 rings (SSSR count). The third kappa shape index (κ3) is 3.27. The van der Waals surface area contributed by atoms with Gasteiger partial charge >= 0.3 is 0 Å². The van der Waals surface area contributed by atoms with E-state index in [1.807, 2.05) is 31.3 Å². The lowest BCUT2D eigenvalue weighted by Gasteiger charge is -2.51. The average molecular weight is 390 g/mol. The zero-order valence-electron chi connectivity index (χ0n) is 17.0. The van der Waals surface area contributed by atoms with E-state index >= 15 is 0 Å². The number of rotatable bonds is 3. The van der Waals surface area contributed by atoms with Crippen LogP contribution < -0.4 is 10.2 Å². The number of piperidine rings is 1. The van der Waals surface area contributed by atoms with Crippen LogP contribution in [-0.2, 0) is 7.05 Å². The molecule has 2 fully saturated rings. The van der Waals surface area contributed by atoms with Gasteiger partial charge in [0.1, 0.15) is 0 Å². The predicted octanol–water partition coefficient (Wildman–Crippen LogP) is 2.65. The standard InChI is InChI=1S/C23H27N5O/c1-26-18-12-16(13-19(26)15-28(14-18)17-8-4-3-5-9-17)24-23(29)22-20-10-6-7-11-21(20)27(2)25-22/h3-11,16,18-19H,12-15H2,1-2H3,(H,24,29). The highest BCUT2D eigenvalue weighted by atomic mass is 16.2. The second-order valence-corrected chi connectivity index (χ2v) is 8.34. The molecule has 1 amide bonds. The number of benzene rings is 2. The second kappa shape index (κ2) is 7.19. The maximum atomic E-state index is 13.0. The van der Waals surface area contributed by atoms with Gasteiger partial charge in [-0.05, 0) is 38.1 Å². The van der Waals surface area contributed by atoms with E-state index in [-0.39, 0.29) is 11.9 Å². The van der Waals surface area contributed by atoms with Crippen LogP contribution >= 0.6 is 0 Å². The molecule has 0 aliphatic carbocycles. The van der Waals surface area contributed by atoms with Crippen LogP contribution in [0.15, 0.2) is 54.6 Å². The molecule has 0 spiro atoms. The van der Waals surface area contributed by atoms with Crippen molar-refractivity contribution in [2.24, 2.45) is 7.05 Å². The molecule has 2 bridgehead atoms. The van der Waals surface area contributed by atoms with E-state index in [1.165, 1.54) is 5.69 Å². The monoisotopic (exact) mass is 389 g/mol. The van der Waals surface area contributed by atoms with Crippen molar-refractivity contribution in [3.8, 4) is 0 Å². The Morgan fingerprint density at radius 1 is 0.966 bits per heavy atom. The van der Waals surface area contributed by atoms with Crippen LogP contribution in [0.25, 0.3) is 10.9 Å². The van der Waals surface area contributed by atoms with E-state index in [9.17, 15) is 4.79 Å². The van der Waals surface area contributed by atoms with Crippen molar-refractivity contribution in [2.45, 2.75) is 31.0 Å². The van der Waals surface area contributed by atoms with Gasteiger partial charge in [0.25, 0.3) is 5.91 Å². The summed E-state index contributed by atoms with van der Waals surface area (Å²) in [5, 5.41) is 8.68. The fourth-order valence-corrected chi connectivity index (χ4v) is 4.98. The Kier molecular flexibility index (Phi) is 4.51. The normalized spacial score (nSPS) is 24.6. The number of aromatic nitrogens is 2. The van der Waals surface area contributed by atoms with Crippen molar-refractivity contribution in [1.29, 1.82) is 0 Å². The molecular formula is C23H27N5O. The largest absolute Gasteiger partial charge is 0.368 e. The number of hydrogen-bond acceptors (Lipinski definition) is 4. The summed E-state index contributed by atoms with van der Waals surface area (Å²) < 4.78 is 1.78. The summed E-state index contributed by atoms with van der Waals surface area (Å²) in [5.74, 6) is -0.0608. The van der Waals surface area contributed by atoms with Gasteiger partial charge in [-0.1, -0.05) is 36.4 Å². The Morgan fingerprint density at radius 2 is 1.62 bits per heavy atom. The highest BCUT2D eigenvalue weighted by Gasteiger charge is 2.39. The van der Waals surface area contributed by atoms with Crippen LogP contribution in [-0.4, -0.2) is 58.9 Å². The third-order valence-corrected chi connectivity index (χ3v) is 6.56. The minimum Gasteiger partial charge on any atom is -0.368 e. The first kappa shape index (κ1) is 18.2. The minimum atomic E-state index is -0.0608. The molecule has 6 heteroatoms. The molecular weight excluding hydrogens is 362 g/mol. The number of hydrogen-bond donors (Lipinski definition) is 1. The van der Waals surface area contributed by atoms with Crippen LogP contribution in [0.3, 0.4) is 0 Å². The molecule has 3 heterocycles. The molecule has 2 aliphatic heterocycles.